The van der Waals surface area contributed by atoms with Crippen LogP contribution in [0.1, 0.15) is 60.8 Å². The minimum atomic E-state index is -0.910. The van der Waals surface area contributed by atoms with Gasteiger partial charge in [-0.05, 0) is 75.0 Å². The van der Waals surface area contributed by atoms with Crippen LogP contribution >= 0.6 is 11.8 Å². The molecule has 1 amide bonds. The van der Waals surface area contributed by atoms with Crippen molar-refractivity contribution in [2.75, 3.05) is 5.75 Å². The third-order valence-corrected chi connectivity index (χ3v) is 9.77. The maximum Gasteiger partial charge on any atom is 0.303 e. The number of carbonyl (C=O) groups is 2. The summed E-state index contributed by atoms with van der Waals surface area (Å²) in [6.07, 6.45) is -0.735. The molecule has 1 aromatic heterocycles. The number of phenols is 1. The Morgan fingerprint density at radius 2 is 1.63 bits per heavy atom. The van der Waals surface area contributed by atoms with Crippen molar-refractivity contribution < 1.29 is 34.4 Å². The molecule has 1 fully saturated rings. The van der Waals surface area contributed by atoms with Crippen molar-refractivity contribution >= 4 is 23.6 Å². The Hall–Kier alpha value is -5.08. The predicted octanol–water partition coefficient (Wildman–Crippen LogP) is 5.98. The molecular formula is C38H39N5O7S. The van der Waals surface area contributed by atoms with Crippen molar-refractivity contribution in [3.05, 3.63) is 119 Å². The first kappa shape index (κ1) is 35.7. The van der Waals surface area contributed by atoms with Gasteiger partial charge in [-0.15, -0.1) is 5.10 Å². The number of ether oxygens (including phenoxy) is 2. The van der Waals surface area contributed by atoms with Crippen LogP contribution in [0.3, 0.4) is 0 Å². The summed E-state index contributed by atoms with van der Waals surface area (Å²) in [6, 6.07) is 30.4. The van der Waals surface area contributed by atoms with Gasteiger partial charge in [0.1, 0.15) is 5.75 Å². The van der Waals surface area contributed by atoms with Gasteiger partial charge in [0.05, 0.1) is 24.5 Å². The predicted molar refractivity (Wildman–Crippen MR) is 190 cm³/mol. The Bertz CT molecular complexity index is 1920. The first-order valence-electron chi connectivity index (χ1n) is 16.7. The van der Waals surface area contributed by atoms with E-state index >= 15 is 0 Å². The van der Waals surface area contributed by atoms with Crippen molar-refractivity contribution in [2.24, 2.45) is 5.92 Å². The lowest BCUT2D eigenvalue weighted by Gasteiger charge is -2.41. The van der Waals surface area contributed by atoms with Crippen molar-refractivity contribution in [3.8, 4) is 22.6 Å². The molecule has 0 aliphatic carbocycles. The summed E-state index contributed by atoms with van der Waals surface area (Å²) in [5.74, 6) is -0.419. The van der Waals surface area contributed by atoms with Gasteiger partial charge in [0, 0.05) is 36.6 Å². The zero-order chi connectivity index (χ0) is 35.7. The first-order chi connectivity index (χ1) is 24.8. The molecule has 12 nitrogen and oxygen atoms in total. The molecule has 1 aliphatic heterocycles. The van der Waals surface area contributed by atoms with Crippen LogP contribution in [0.4, 0.5) is 0 Å². The third kappa shape index (κ3) is 9.18. The number of nitrogens with one attached hydrogen (secondary N) is 1. The number of aromatic hydroxyl groups is 1. The first-order valence-corrected chi connectivity index (χ1v) is 17.6. The Kier molecular flexibility index (Phi) is 11.7. The quantitative estimate of drug-likeness (QED) is 0.100. The van der Waals surface area contributed by atoms with Gasteiger partial charge in [-0.25, -0.2) is 0 Å². The fraction of sp³-hybridized carbons (Fsp3) is 0.289. The molecule has 6 rings (SSSR count). The molecule has 1 saturated heterocycles. The normalized spacial score (nSPS) is 18.7. The second-order valence-electron chi connectivity index (χ2n) is 12.4. The molecule has 0 spiro atoms. The minimum absolute atomic E-state index is 0.0312. The molecule has 4 aromatic carbocycles. The number of hydrogen-bond acceptors (Lipinski definition) is 10. The van der Waals surface area contributed by atoms with E-state index in [9.17, 15) is 19.8 Å². The van der Waals surface area contributed by atoms with Gasteiger partial charge in [-0.3, -0.25) is 9.59 Å². The summed E-state index contributed by atoms with van der Waals surface area (Å²) in [5, 5.41) is 43.8. The number of thioether (sulfide) groups is 1. The molecule has 2 heterocycles. The molecule has 4 atom stereocenters. The number of aliphatic carboxylic acids is 1. The number of hydrogen-bond donors (Lipinski definition) is 4. The van der Waals surface area contributed by atoms with Gasteiger partial charge in [-0.2, -0.15) is 4.68 Å². The summed E-state index contributed by atoms with van der Waals surface area (Å²) in [5.41, 5.74) is 6.30. The number of benzene rings is 4. The van der Waals surface area contributed by atoms with Crippen LogP contribution in [0.25, 0.3) is 16.8 Å². The molecule has 0 unspecified atom stereocenters. The van der Waals surface area contributed by atoms with Crippen molar-refractivity contribution in [1.82, 2.24) is 25.5 Å². The second kappa shape index (κ2) is 16.8. The number of phenolic OH excluding ortho intramolecular Hbond substituents is 1. The van der Waals surface area contributed by atoms with Crippen molar-refractivity contribution in [3.63, 3.8) is 0 Å². The summed E-state index contributed by atoms with van der Waals surface area (Å²) in [6.45, 7) is 2.41. The standard InChI is InChI=1S/C38H39N5O7S/c1-24-33(23-51-38-40-41-42-43(38)31-16-18-32(45)19-17-31)49-37(50-36(24)28-10-8-25(22-44)9-11-28)29-14-12-27(13-15-29)30-5-2-4-26(20-30)21-39-34(46)6-3-7-35(47)48/h2,4-5,8-20,24,33,36-37,44-45H,3,6-7,21-23H2,1H3,(H,39,46)(H,47,48)/t24-,33+,36+,37+/m1/s1. The number of nitrogens with zero attached hydrogens (tertiary/aromatic N) is 4. The summed E-state index contributed by atoms with van der Waals surface area (Å²) in [7, 11) is 0. The lowest BCUT2D eigenvalue weighted by molar-refractivity contribution is -0.268. The average Bonchev–Trinajstić information content (AvgIpc) is 3.62. The van der Waals surface area contributed by atoms with Crippen molar-refractivity contribution in [1.29, 1.82) is 0 Å². The maximum absolute atomic E-state index is 12.2. The van der Waals surface area contributed by atoms with Gasteiger partial charge in [0.2, 0.25) is 11.1 Å². The molecule has 0 saturated carbocycles. The number of carboxylic acid groups (broad SMARTS) is 1. The third-order valence-electron chi connectivity index (χ3n) is 8.76. The van der Waals surface area contributed by atoms with E-state index in [2.05, 4.69) is 27.8 Å². The van der Waals surface area contributed by atoms with E-state index in [1.54, 1.807) is 28.9 Å². The number of tetrazole rings is 1. The van der Waals surface area contributed by atoms with Crippen LogP contribution in [0.5, 0.6) is 5.75 Å². The van der Waals surface area contributed by atoms with Gasteiger partial charge >= 0.3 is 5.97 Å². The van der Waals surface area contributed by atoms with Crippen LogP contribution in [0, 0.1) is 5.92 Å². The Morgan fingerprint density at radius 3 is 2.35 bits per heavy atom. The monoisotopic (exact) mass is 709 g/mol. The largest absolute Gasteiger partial charge is 0.508 e. The van der Waals surface area contributed by atoms with E-state index in [1.807, 2.05) is 72.8 Å². The van der Waals surface area contributed by atoms with E-state index < -0.39 is 12.3 Å². The number of rotatable bonds is 14. The molecule has 264 valence electrons. The lowest BCUT2D eigenvalue weighted by Crippen LogP contribution is -2.38. The molecule has 0 bridgehead atoms. The zero-order valence-corrected chi connectivity index (χ0v) is 28.8. The maximum atomic E-state index is 12.2. The van der Waals surface area contributed by atoms with Gasteiger partial charge in [-0.1, -0.05) is 85.4 Å². The number of aliphatic hydroxyl groups excluding tert-OH is 1. The summed E-state index contributed by atoms with van der Waals surface area (Å²) in [4.78, 5) is 22.9. The van der Waals surface area contributed by atoms with E-state index in [1.165, 1.54) is 11.8 Å². The zero-order valence-electron chi connectivity index (χ0n) is 28.0. The summed E-state index contributed by atoms with van der Waals surface area (Å²) < 4.78 is 14.9. The molecule has 4 N–H and O–H groups in total. The van der Waals surface area contributed by atoms with Gasteiger partial charge < -0.3 is 30.1 Å². The van der Waals surface area contributed by atoms with Crippen LogP contribution in [0.2, 0.25) is 0 Å². The molecule has 5 aromatic rings. The number of carbonyl (C=O) groups excluding carboxylic acids is 1. The number of amides is 1. The van der Waals surface area contributed by atoms with E-state index in [0.29, 0.717) is 23.9 Å². The molecular weight excluding hydrogens is 671 g/mol. The second-order valence-corrected chi connectivity index (χ2v) is 13.4. The number of aliphatic hydroxyl groups is 1. The van der Waals surface area contributed by atoms with E-state index in [0.717, 1.165) is 39.1 Å². The molecule has 13 heteroatoms. The van der Waals surface area contributed by atoms with Crippen LogP contribution < -0.4 is 5.32 Å². The summed E-state index contributed by atoms with van der Waals surface area (Å²) >= 11 is 1.48. The van der Waals surface area contributed by atoms with Gasteiger partial charge in [0.15, 0.2) is 6.29 Å². The minimum Gasteiger partial charge on any atom is -0.508 e. The fourth-order valence-corrected chi connectivity index (χ4v) is 6.93. The number of aromatic nitrogens is 4. The highest BCUT2D eigenvalue weighted by molar-refractivity contribution is 7.99. The topological polar surface area (TPSA) is 169 Å². The smallest absolute Gasteiger partial charge is 0.303 e. The van der Waals surface area contributed by atoms with Gasteiger partial charge in [0.25, 0.3) is 0 Å². The van der Waals surface area contributed by atoms with Crippen LogP contribution in [0.15, 0.2) is 102 Å². The average molecular weight is 710 g/mol. The Balaban J connectivity index is 1.17. The highest BCUT2D eigenvalue weighted by atomic mass is 32.2. The van der Waals surface area contributed by atoms with Crippen LogP contribution in [-0.2, 0) is 32.2 Å². The number of carboxylic acids is 1. The lowest BCUT2D eigenvalue weighted by atomic mass is 9.91. The SMILES string of the molecule is C[C@@H]1[C@H](CSc2nnnn2-c2ccc(O)cc2)O[C@H](c2ccc(-c3cccc(CNC(=O)CCCC(=O)O)c3)cc2)O[C@@H]1c1ccc(CO)cc1. The fourth-order valence-electron chi connectivity index (χ4n) is 5.87. The molecule has 0 radical (unpaired) electrons. The Labute approximate surface area is 299 Å². The van der Waals surface area contributed by atoms with Crippen LogP contribution in [-0.4, -0.2) is 59.3 Å². The highest BCUT2D eigenvalue weighted by Crippen LogP contribution is 2.43. The molecule has 1 aliphatic rings. The van der Waals surface area contributed by atoms with Crippen molar-refractivity contribution in [2.45, 2.75) is 63.0 Å². The highest BCUT2D eigenvalue weighted by Gasteiger charge is 2.38. The Morgan fingerprint density at radius 1 is 0.882 bits per heavy atom. The van der Waals surface area contributed by atoms with E-state index in [4.69, 9.17) is 14.6 Å². The van der Waals surface area contributed by atoms with E-state index in [-0.39, 0.29) is 49.2 Å². The molecule has 51 heavy (non-hydrogen) atoms.